The Balaban J connectivity index is 2.23. The molecule has 120 valence electrons. The summed E-state index contributed by atoms with van der Waals surface area (Å²) in [6.07, 6.45) is 2.86. The van der Waals surface area contributed by atoms with Crippen LogP contribution in [0.3, 0.4) is 0 Å². The average Bonchev–Trinajstić information content (AvgIpc) is 2.42. The van der Waals surface area contributed by atoms with Gasteiger partial charge in [0.25, 0.3) is 10.2 Å². The minimum Gasteiger partial charge on any atom is -0.381 e. The molecule has 1 rings (SSSR count). The molecule has 1 atom stereocenters. The highest BCUT2D eigenvalue weighted by molar-refractivity contribution is 7.87. The zero-order valence-electron chi connectivity index (χ0n) is 12.9. The first kappa shape index (κ1) is 17.8. The van der Waals surface area contributed by atoms with Crippen molar-refractivity contribution in [2.75, 3.05) is 39.9 Å². The van der Waals surface area contributed by atoms with E-state index in [4.69, 9.17) is 4.74 Å². The van der Waals surface area contributed by atoms with Crippen LogP contribution in [0.1, 0.15) is 33.1 Å². The second kappa shape index (κ2) is 8.94. The lowest BCUT2D eigenvalue weighted by Gasteiger charge is -2.24. The smallest absolute Gasteiger partial charge is 0.279 e. The van der Waals surface area contributed by atoms with Crippen molar-refractivity contribution in [3.05, 3.63) is 0 Å². The van der Waals surface area contributed by atoms with Crippen molar-refractivity contribution in [1.29, 1.82) is 0 Å². The molecule has 0 saturated carbocycles. The fraction of sp³-hybridized carbons (Fsp3) is 1.00. The molecule has 2 N–H and O–H groups in total. The molecule has 1 fully saturated rings. The van der Waals surface area contributed by atoms with E-state index in [-0.39, 0.29) is 0 Å². The molecule has 0 bridgehead atoms. The maximum Gasteiger partial charge on any atom is 0.279 e. The molecule has 0 radical (unpaired) electrons. The van der Waals surface area contributed by atoms with E-state index in [9.17, 15) is 8.42 Å². The molecular weight excluding hydrogens is 278 g/mol. The summed E-state index contributed by atoms with van der Waals surface area (Å²) < 4.78 is 33.5. The molecular formula is C13H29N3O3S. The number of rotatable bonds is 9. The molecule has 7 heteroatoms. The normalized spacial score (nSPS) is 20.8. The van der Waals surface area contributed by atoms with Crippen molar-refractivity contribution >= 4 is 10.2 Å². The number of nitrogens with one attached hydrogen (secondary N) is 2. The predicted molar refractivity (Wildman–Crippen MR) is 80.9 cm³/mol. The Bertz CT molecular complexity index is 354. The van der Waals surface area contributed by atoms with E-state index in [2.05, 4.69) is 23.9 Å². The summed E-state index contributed by atoms with van der Waals surface area (Å²) in [5, 5.41) is 3.28. The van der Waals surface area contributed by atoms with Gasteiger partial charge < -0.3 is 10.1 Å². The molecule has 6 nitrogen and oxygen atoms in total. The maximum atomic E-state index is 12.1. The van der Waals surface area contributed by atoms with Crippen LogP contribution in [0, 0.1) is 5.92 Å². The van der Waals surface area contributed by atoms with Crippen molar-refractivity contribution in [2.24, 2.45) is 5.92 Å². The van der Waals surface area contributed by atoms with Gasteiger partial charge in [-0.15, -0.1) is 0 Å². The van der Waals surface area contributed by atoms with E-state index in [1.165, 1.54) is 4.31 Å². The number of nitrogens with zero attached hydrogens (tertiary/aromatic N) is 1. The molecule has 1 aliphatic rings. The Hall–Kier alpha value is -0.210. The van der Waals surface area contributed by atoms with Gasteiger partial charge in [0.1, 0.15) is 0 Å². The van der Waals surface area contributed by atoms with Gasteiger partial charge in [0.05, 0.1) is 6.61 Å². The molecule has 0 aromatic rings. The summed E-state index contributed by atoms with van der Waals surface area (Å²) in [5.74, 6) is 0.300. The lowest BCUT2D eigenvalue weighted by molar-refractivity contribution is 0.0566. The fourth-order valence-corrected chi connectivity index (χ4v) is 3.15. The predicted octanol–water partition coefficient (Wildman–Crippen LogP) is 0.567. The van der Waals surface area contributed by atoms with Crippen molar-refractivity contribution in [1.82, 2.24) is 14.3 Å². The molecule has 1 heterocycles. The lowest BCUT2D eigenvalue weighted by Crippen LogP contribution is -2.42. The van der Waals surface area contributed by atoms with E-state index in [1.54, 1.807) is 7.05 Å². The first-order chi connectivity index (χ1) is 9.42. The van der Waals surface area contributed by atoms with Crippen molar-refractivity contribution in [2.45, 2.75) is 39.2 Å². The van der Waals surface area contributed by atoms with Crippen molar-refractivity contribution in [3.8, 4) is 0 Å². The first-order valence-electron chi connectivity index (χ1n) is 7.44. The topological polar surface area (TPSA) is 70.7 Å². The number of ether oxygens (including phenoxy) is 1. The Kier molecular flexibility index (Phi) is 7.98. The standard InChI is InChI=1S/C13H29N3O3S/c1-12(2)14-7-5-8-16(3)20(17,18)15-10-13-6-4-9-19-11-13/h12-15H,4-11H2,1-3H3. The van der Waals surface area contributed by atoms with Crippen molar-refractivity contribution in [3.63, 3.8) is 0 Å². The quantitative estimate of drug-likeness (QED) is 0.611. The molecule has 20 heavy (non-hydrogen) atoms. The van der Waals surface area contributed by atoms with E-state index in [0.29, 0.717) is 31.7 Å². The largest absolute Gasteiger partial charge is 0.381 e. The van der Waals surface area contributed by atoms with Crippen LogP contribution in [0.2, 0.25) is 0 Å². The first-order valence-corrected chi connectivity index (χ1v) is 8.88. The SMILES string of the molecule is CC(C)NCCCN(C)S(=O)(=O)NCC1CCCOC1. The van der Waals surface area contributed by atoms with Crippen molar-refractivity contribution < 1.29 is 13.2 Å². The highest BCUT2D eigenvalue weighted by Gasteiger charge is 2.20. The second-order valence-corrected chi connectivity index (χ2v) is 7.58. The summed E-state index contributed by atoms with van der Waals surface area (Å²) in [7, 11) is -1.74. The molecule has 1 aliphatic heterocycles. The zero-order valence-corrected chi connectivity index (χ0v) is 13.7. The third kappa shape index (κ3) is 6.99. The Labute approximate surface area is 123 Å². The lowest BCUT2D eigenvalue weighted by atomic mass is 10.0. The van der Waals surface area contributed by atoms with Gasteiger partial charge in [-0.25, -0.2) is 4.72 Å². The molecule has 0 amide bonds. The summed E-state index contributed by atoms with van der Waals surface area (Å²) in [4.78, 5) is 0. The van der Waals surface area contributed by atoms with Crippen LogP contribution in [-0.4, -0.2) is 58.7 Å². The van der Waals surface area contributed by atoms with Gasteiger partial charge in [0.15, 0.2) is 0 Å². The Morgan fingerprint density at radius 2 is 2.15 bits per heavy atom. The second-order valence-electron chi connectivity index (χ2n) is 5.72. The minimum absolute atomic E-state index is 0.300. The van der Waals surface area contributed by atoms with Gasteiger partial charge in [-0.05, 0) is 31.7 Å². The zero-order chi connectivity index (χ0) is 15.0. The van der Waals surface area contributed by atoms with Crippen LogP contribution in [0.5, 0.6) is 0 Å². The van der Waals surface area contributed by atoms with Crippen LogP contribution in [0.25, 0.3) is 0 Å². The highest BCUT2D eigenvalue weighted by Crippen LogP contribution is 2.12. The molecule has 1 unspecified atom stereocenters. The fourth-order valence-electron chi connectivity index (χ4n) is 2.11. The summed E-state index contributed by atoms with van der Waals surface area (Å²) in [6.45, 7) is 7.43. The molecule has 0 aromatic carbocycles. The van der Waals surface area contributed by atoms with Crippen LogP contribution < -0.4 is 10.0 Å². The molecule has 0 spiro atoms. The monoisotopic (exact) mass is 307 g/mol. The van der Waals surface area contributed by atoms with Gasteiger partial charge in [0.2, 0.25) is 0 Å². The molecule has 0 aliphatic carbocycles. The van der Waals surface area contributed by atoms with E-state index in [1.807, 2.05) is 0 Å². The van der Waals surface area contributed by atoms with Gasteiger partial charge in [-0.1, -0.05) is 13.8 Å². The third-order valence-corrected chi connectivity index (χ3v) is 4.96. The number of hydrogen-bond donors (Lipinski definition) is 2. The maximum absolute atomic E-state index is 12.1. The van der Waals surface area contributed by atoms with E-state index < -0.39 is 10.2 Å². The van der Waals surface area contributed by atoms with E-state index >= 15 is 0 Å². The summed E-state index contributed by atoms with van der Waals surface area (Å²) in [6, 6.07) is 0.432. The third-order valence-electron chi connectivity index (χ3n) is 3.42. The summed E-state index contributed by atoms with van der Waals surface area (Å²) >= 11 is 0. The van der Waals surface area contributed by atoms with Crippen LogP contribution in [0.15, 0.2) is 0 Å². The highest BCUT2D eigenvalue weighted by atomic mass is 32.2. The van der Waals surface area contributed by atoms with Gasteiger partial charge in [0, 0.05) is 32.8 Å². The van der Waals surface area contributed by atoms with Crippen LogP contribution in [0.4, 0.5) is 0 Å². The number of hydrogen-bond acceptors (Lipinski definition) is 4. The summed E-state index contributed by atoms with van der Waals surface area (Å²) in [5.41, 5.74) is 0. The minimum atomic E-state index is -3.36. The molecule has 1 saturated heterocycles. The van der Waals surface area contributed by atoms with Crippen LogP contribution in [-0.2, 0) is 14.9 Å². The van der Waals surface area contributed by atoms with Crippen LogP contribution >= 0.6 is 0 Å². The van der Waals surface area contributed by atoms with Gasteiger partial charge >= 0.3 is 0 Å². The Morgan fingerprint density at radius 1 is 1.40 bits per heavy atom. The molecule has 0 aromatic heterocycles. The average molecular weight is 307 g/mol. The van der Waals surface area contributed by atoms with Gasteiger partial charge in [-0.3, -0.25) is 0 Å². The van der Waals surface area contributed by atoms with E-state index in [0.717, 1.165) is 32.4 Å². The van der Waals surface area contributed by atoms with Gasteiger partial charge in [-0.2, -0.15) is 12.7 Å². The Morgan fingerprint density at radius 3 is 2.75 bits per heavy atom.